The molecule has 0 aromatic carbocycles. The molecule has 7 nitrogen and oxygen atoms in total. The molecule has 2 N–H and O–H groups in total. The quantitative estimate of drug-likeness (QED) is 0.408. The fourth-order valence-corrected chi connectivity index (χ4v) is 2.56. The molecule has 0 fully saturated rings. The van der Waals surface area contributed by atoms with Crippen molar-refractivity contribution in [3.8, 4) is 0 Å². The molecule has 0 aliphatic heterocycles. The smallest absolute Gasteiger partial charge is 0.410 e. The Hall–Kier alpha value is -1.79. The van der Waals surface area contributed by atoms with Crippen LogP contribution < -0.4 is 5.32 Å². The summed E-state index contributed by atoms with van der Waals surface area (Å²) < 4.78 is 10.1. The summed E-state index contributed by atoms with van der Waals surface area (Å²) in [5.74, 6) is -1.36. The van der Waals surface area contributed by atoms with Crippen LogP contribution in [-0.2, 0) is 19.1 Å². The molecule has 0 heterocycles. The summed E-state index contributed by atoms with van der Waals surface area (Å²) in [5.41, 5.74) is 0. The molecule has 0 unspecified atom stereocenters. The lowest BCUT2D eigenvalue weighted by Gasteiger charge is -2.23. The van der Waals surface area contributed by atoms with Crippen LogP contribution in [0.25, 0.3) is 0 Å². The molecule has 7 heteroatoms. The third-order valence-electron chi connectivity index (χ3n) is 3.83. The minimum absolute atomic E-state index is 0.00565. The third kappa shape index (κ3) is 12.3. The number of nitrogens with one attached hydrogen (secondary N) is 1. The lowest BCUT2D eigenvalue weighted by atomic mass is 9.90. The molecule has 0 rings (SSSR count). The first-order chi connectivity index (χ1) is 11.6. The fraction of sp³-hybridized carbons (Fsp3) is 0.833. The SMILES string of the molecule is CCCC[C@@H](C)C[C@H](CNC(=O)O[C@H](OC(C)=O)C(C)C)CC(=O)O. The first kappa shape index (κ1) is 23.2. The molecule has 0 aliphatic carbocycles. The van der Waals surface area contributed by atoms with E-state index in [0.717, 1.165) is 25.7 Å². The van der Waals surface area contributed by atoms with Crippen molar-refractivity contribution >= 4 is 18.0 Å². The van der Waals surface area contributed by atoms with E-state index in [1.165, 1.54) is 6.92 Å². The van der Waals surface area contributed by atoms with Gasteiger partial charge >= 0.3 is 18.0 Å². The molecule has 1 amide bonds. The Morgan fingerprint density at radius 1 is 1.12 bits per heavy atom. The average Bonchev–Trinajstić information content (AvgIpc) is 2.48. The summed E-state index contributed by atoms with van der Waals surface area (Å²) >= 11 is 0. The maximum absolute atomic E-state index is 11.9. The topological polar surface area (TPSA) is 102 Å². The average molecular weight is 359 g/mol. The zero-order chi connectivity index (χ0) is 19.4. The molecular weight excluding hydrogens is 326 g/mol. The van der Waals surface area contributed by atoms with Crippen molar-refractivity contribution in [3.05, 3.63) is 0 Å². The van der Waals surface area contributed by atoms with Gasteiger partial charge in [-0.1, -0.05) is 47.0 Å². The second-order valence-corrected chi connectivity index (χ2v) is 6.96. The van der Waals surface area contributed by atoms with Gasteiger partial charge in [0.1, 0.15) is 0 Å². The van der Waals surface area contributed by atoms with Crippen molar-refractivity contribution in [2.75, 3.05) is 6.54 Å². The lowest BCUT2D eigenvalue weighted by Crippen LogP contribution is -2.37. The summed E-state index contributed by atoms with van der Waals surface area (Å²) in [6.45, 7) is 9.21. The van der Waals surface area contributed by atoms with Gasteiger partial charge in [-0.3, -0.25) is 9.59 Å². The summed E-state index contributed by atoms with van der Waals surface area (Å²) in [4.78, 5) is 34.0. The van der Waals surface area contributed by atoms with Crippen LogP contribution in [0.15, 0.2) is 0 Å². The van der Waals surface area contributed by atoms with Crippen molar-refractivity contribution < 1.29 is 29.0 Å². The number of hydrogen-bond donors (Lipinski definition) is 2. The number of hydrogen-bond acceptors (Lipinski definition) is 5. The third-order valence-corrected chi connectivity index (χ3v) is 3.83. The largest absolute Gasteiger partial charge is 0.481 e. The van der Waals surface area contributed by atoms with Gasteiger partial charge in [0.15, 0.2) is 0 Å². The summed E-state index contributed by atoms with van der Waals surface area (Å²) in [7, 11) is 0. The number of carboxylic acid groups (broad SMARTS) is 1. The maximum atomic E-state index is 11.9. The fourth-order valence-electron chi connectivity index (χ4n) is 2.56. The van der Waals surface area contributed by atoms with E-state index < -0.39 is 24.3 Å². The molecular formula is C18H33NO6. The van der Waals surface area contributed by atoms with Gasteiger partial charge in [-0.25, -0.2) is 4.79 Å². The van der Waals surface area contributed by atoms with Crippen LogP contribution in [0.2, 0.25) is 0 Å². The van der Waals surface area contributed by atoms with Crippen LogP contribution in [0.1, 0.15) is 66.7 Å². The Morgan fingerprint density at radius 3 is 2.24 bits per heavy atom. The zero-order valence-corrected chi connectivity index (χ0v) is 16.0. The van der Waals surface area contributed by atoms with Crippen LogP contribution in [0, 0.1) is 17.8 Å². The van der Waals surface area contributed by atoms with Gasteiger partial charge < -0.3 is 19.9 Å². The van der Waals surface area contributed by atoms with E-state index in [1.807, 2.05) is 0 Å². The highest BCUT2D eigenvalue weighted by molar-refractivity contribution is 5.69. The van der Waals surface area contributed by atoms with Crippen LogP contribution in [-0.4, -0.2) is 36.0 Å². The van der Waals surface area contributed by atoms with Gasteiger partial charge in [-0.2, -0.15) is 0 Å². The molecule has 0 radical (unpaired) electrons. The number of alkyl carbamates (subject to hydrolysis) is 1. The highest BCUT2D eigenvalue weighted by atomic mass is 16.7. The Balaban J connectivity index is 4.51. The van der Waals surface area contributed by atoms with Crippen LogP contribution >= 0.6 is 0 Å². The van der Waals surface area contributed by atoms with Crippen LogP contribution in [0.3, 0.4) is 0 Å². The van der Waals surface area contributed by atoms with Crippen molar-refractivity contribution in [3.63, 3.8) is 0 Å². The molecule has 25 heavy (non-hydrogen) atoms. The van der Waals surface area contributed by atoms with E-state index in [2.05, 4.69) is 19.2 Å². The van der Waals surface area contributed by atoms with Crippen molar-refractivity contribution in [1.82, 2.24) is 5.32 Å². The van der Waals surface area contributed by atoms with Gasteiger partial charge in [0.25, 0.3) is 6.29 Å². The second kappa shape index (κ2) is 12.6. The van der Waals surface area contributed by atoms with E-state index in [4.69, 9.17) is 14.6 Å². The number of esters is 1. The maximum Gasteiger partial charge on any atom is 0.410 e. The molecule has 0 saturated heterocycles. The lowest BCUT2D eigenvalue weighted by molar-refractivity contribution is -0.172. The summed E-state index contributed by atoms with van der Waals surface area (Å²) in [5, 5.41) is 11.6. The van der Waals surface area contributed by atoms with Gasteiger partial charge in [-0.05, 0) is 18.3 Å². The van der Waals surface area contributed by atoms with E-state index in [9.17, 15) is 14.4 Å². The van der Waals surface area contributed by atoms with Crippen molar-refractivity contribution in [2.24, 2.45) is 17.8 Å². The monoisotopic (exact) mass is 359 g/mol. The normalized spacial score (nSPS) is 14.5. The number of amides is 1. The molecule has 0 aromatic rings. The van der Waals surface area contributed by atoms with E-state index in [0.29, 0.717) is 5.92 Å². The van der Waals surface area contributed by atoms with Gasteiger partial charge in [-0.15, -0.1) is 0 Å². The molecule has 0 spiro atoms. The van der Waals surface area contributed by atoms with E-state index in [-0.39, 0.29) is 24.8 Å². The first-order valence-electron chi connectivity index (χ1n) is 8.99. The predicted octanol–water partition coefficient (Wildman–Crippen LogP) is 3.57. The number of carboxylic acids is 1. The van der Waals surface area contributed by atoms with Crippen LogP contribution in [0.4, 0.5) is 4.79 Å². The van der Waals surface area contributed by atoms with Crippen molar-refractivity contribution in [2.45, 2.75) is 73.0 Å². The Morgan fingerprint density at radius 2 is 1.76 bits per heavy atom. The molecule has 3 atom stereocenters. The number of aliphatic carboxylic acids is 1. The Kier molecular flexibility index (Phi) is 11.7. The highest BCUT2D eigenvalue weighted by Crippen LogP contribution is 2.20. The summed E-state index contributed by atoms with van der Waals surface area (Å²) in [6.07, 6.45) is 2.30. The minimum Gasteiger partial charge on any atom is -0.481 e. The number of ether oxygens (including phenoxy) is 2. The van der Waals surface area contributed by atoms with Gasteiger partial charge in [0, 0.05) is 25.8 Å². The zero-order valence-electron chi connectivity index (χ0n) is 16.0. The van der Waals surface area contributed by atoms with Gasteiger partial charge in [0.2, 0.25) is 0 Å². The number of carbonyl (C=O) groups excluding carboxylic acids is 2. The first-order valence-corrected chi connectivity index (χ1v) is 8.99. The Labute approximate surface area is 150 Å². The highest BCUT2D eigenvalue weighted by Gasteiger charge is 2.23. The van der Waals surface area contributed by atoms with E-state index in [1.54, 1.807) is 13.8 Å². The van der Waals surface area contributed by atoms with Crippen molar-refractivity contribution in [1.29, 1.82) is 0 Å². The predicted molar refractivity (Wildman–Crippen MR) is 93.9 cm³/mol. The molecule has 146 valence electrons. The number of carbonyl (C=O) groups is 3. The van der Waals surface area contributed by atoms with Crippen LogP contribution in [0.5, 0.6) is 0 Å². The summed E-state index contributed by atoms with van der Waals surface area (Å²) in [6, 6.07) is 0. The second-order valence-electron chi connectivity index (χ2n) is 6.96. The molecule has 0 aromatic heterocycles. The number of unbranched alkanes of at least 4 members (excludes halogenated alkanes) is 1. The van der Waals surface area contributed by atoms with Gasteiger partial charge in [0.05, 0.1) is 0 Å². The standard InChI is InChI=1S/C18H33NO6/c1-6-7-8-13(4)9-15(10-16(21)22)11-19-18(23)25-17(12(2)3)24-14(5)20/h12-13,15,17H,6-11H2,1-5H3,(H,19,23)(H,21,22)/t13-,15+,17+/m1/s1. The number of rotatable bonds is 12. The Bertz CT molecular complexity index is 424. The molecule has 0 saturated carbocycles. The molecule has 0 bridgehead atoms. The van der Waals surface area contributed by atoms with E-state index >= 15 is 0 Å². The minimum atomic E-state index is -0.959. The molecule has 0 aliphatic rings.